The molecule has 0 aliphatic carbocycles. The van der Waals surface area contributed by atoms with Crippen LogP contribution in [0.3, 0.4) is 0 Å². The van der Waals surface area contributed by atoms with E-state index in [2.05, 4.69) is 20.9 Å². The van der Waals surface area contributed by atoms with Gasteiger partial charge in [-0.15, -0.1) is 0 Å². The van der Waals surface area contributed by atoms with Crippen molar-refractivity contribution in [3.63, 3.8) is 0 Å². The van der Waals surface area contributed by atoms with Gasteiger partial charge in [-0.05, 0) is 38.5 Å². The number of pyridine rings is 1. The molecule has 1 rings (SSSR count). The van der Waals surface area contributed by atoms with Gasteiger partial charge in [0, 0.05) is 9.77 Å². The van der Waals surface area contributed by atoms with Crippen LogP contribution in [0.5, 0.6) is 0 Å². The summed E-state index contributed by atoms with van der Waals surface area (Å²) in [6.45, 7) is 0. The second-order valence-electron chi connectivity index (χ2n) is 2.10. The Hall–Kier alpha value is -0.290. The number of alkyl halides is 2. The fraction of sp³-hybridized carbons (Fsp3) is 0.143. The molecule has 0 fully saturated rings. The van der Waals surface area contributed by atoms with Gasteiger partial charge in [0.2, 0.25) is 0 Å². The molecule has 0 atom stereocenters. The largest absolute Gasteiger partial charge is 0.267 e. The van der Waals surface area contributed by atoms with Gasteiger partial charge in [-0.25, -0.2) is 13.8 Å². The van der Waals surface area contributed by atoms with Gasteiger partial charge >= 0.3 is 0 Å². The summed E-state index contributed by atoms with van der Waals surface area (Å²) in [5.74, 6) is 0. The summed E-state index contributed by atoms with van der Waals surface area (Å²) >= 11 is 4.67. The highest BCUT2D eigenvalue weighted by Gasteiger charge is 2.19. The van der Waals surface area contributed by atoms with Crippen molar-refractivity contribution in [3.8, 4) is 6.07 Å². The molecule has 1 heterocycles. The molecule has 13 heavy (non-hydrogen) atoms. The molecule has 6 heteroatoms. The minimum Gasteiger partial charge on any atom is -0.248 e. The van der Waals surface area contributed by atoms with Crippen LogP contribution in [0.2, 0.25) is 0 Å². The number of aromatic nitrogens is 1. The Labute approximate surface area is 95.2 Å². The summed E-state index contributed by atoms with van der Waals surface area (Å²) in [6.07, 6.45) is -1.32. The van der Waals surface area contributed by atoms with Gasteiger partial charge < -0.3 is 0 Å². The lowest BCUT2D eigenvalue weighted by Gasteiger charge is -2.05. The van der Waals surface area contributed by atoms with E-state index in [0.29, 0.717) is 3.57 Å². The molecule has 0 bridgehead atoms. The van der Waals surface area contributed by atoms with E-state index in [4.69, 9.17) is 5.26 Å². The van der Waals surface area contributed by atoms with Crippen LogP contribution in [-0.2, 0) is 0 Å². The Bertz CT molecular complexity index is 375. The lowest BCUT2D eigenvalue weighted by atomic mass is 10.2. The van der Waals surface area contributed by atoms with E-state index in [1.54, 1.807) is 28.7 Å². The quantitative estimate of drug-likeness (QED) is 0.570. The third-order valence-corrected chi connectivity index (χ3v) is 2.80. The number of halogens is 4. The molecule has 0 saturated carbocycles. The molecule has 0 aliphatic heterocycles. The predicted molar refractivity (Wildman–Crippen MR) is 54.3 cm³/mol. The first-order valence-electron chi connectivity index (χ1n) is 3.10. The molecule has 0 unspecified atom stereocenters. The van der Waals surface area contributed by atoms with E-state index < -0.39 is 6.43 Å². The molecule has 1 aromatic rings. The van der Waals surface area contributed by atoms with E-state index in [1.165, 1.54) is 6.20 Å². The minimum atomic E-state index is -2.69. The number of hydrogen-bond acceptors (Lipinski definition) is 2. The topological polar surface area (TPSA) is 36.7 Å². The summed E-state index contributed by atoms with van der Waals surface area (Å²) in [4.78, 5) is 3.69. The average molecular weight is 359 g/mol. The highest BCUT2D eigenvalue weighted by atomic mass is 127. The summed E-state index contributed by atoms with van der Waals surface area (Å²) in [7, 11) is 0. The highest BCUT2D eigenvalue weighted by molar-refractivity contribution is 14.1. The molecule has 2 nitrogen and oxygen atoms in total. The van der Waals surface area contributed by atoms with Crippen molar-refractivity contribution in [1.82, 2.24) is 4.98 Å². The van der Waals surface area contributed by atoms with Crippen LogP contribution in [0.25, 0.3) is 0 Å². The molecule has 0 N–H and O–H groups in total. The molecule has 0 saturated heterocycles. The summed E-state index contributed by atoms with van der Waals surface area (Å²) in [6, 6.07) is 1.73. The Balaban J connectivity index is 3.46. The summed E-state index contributed by atoms with van der Waals surface area (Å²) in [5.41, 5.74) is -0.355. The van der Waals surface area contributed by atoms with Crippen LogP contribution < -0.4 is 0 Å². The molecular weight excluding hydrogens is 357 g/mol. The second-order valence-corrected chi connectivity index (χ2v) is 4.01. The van der Waals surface area contributed by atoms with E-state index in [0.717, 1.165) is 0 Å². The van der Waals surface area contributed by atoms with Crippen molar-refractivity contribution in [1.29, 1.82) is 5.26 Å². The molecule has 0 amide bonds. The lowest BCUT2D eigenvalue weighted by molar-refractivity contribution is 0.149. The van der Waals surface area contributed by atoms with Crippen LogP contribution >= 0.6 is 38.5 Å². The van der Waals surface area contributed by atoms with E-state index in [1.807, 2.05) is 0 Å². The molecule has 1 aromatic heterocycles. The van der Waals surface area contributed by atoms with Gasteiger partial charge in [-0.3, -0.25) is 0 Å². The zero-order chi connectivity index (χ0) is 10.0. The van der Waals surface area contributed by atoms with Crippen molar-refractivity contribution < 1.29 is 8.78 Å². The molecule has 0 radical (unpaired) electrons. The van der Waals surface area contributed by atoms with Crippen molar-refractivity contribution in [3.05, 3.63) is 25.5 Å². The van der Waals surface area contributed by atoms with Gasteiger partial charge in [0.05, 0.1) is 11.1 Å². The Morgan fingerprint density at radius 1 is 1.62 bits per heavy atom. The SMILES string of the molecule is N#Cc1c(I)cnc(Br)c1C(F)F. The first kappa shape index (κ1) is 10.8. The van der Waals surface area contributed by atoms with Crippen molar-refractivity contribution in [2.45, 2.75) is 6.43 Å². The highest BCUT2D eigenvalue weighted by Crippen LogP contribution is 2.30. The number of rotatable bonds is 1. The zero-order valence-corrected chi connectivity index (χ0v) is 9.80. The summed E-state index contributed by atoms with van der Waals surface area (Å²) in [5, 5.41) is 8.64. The van der Waals surface area contributed by atoms with Crippen molar-refractivity contribution >= 4 is 38.5 Å². The third-order valence-electron chi connectivity index (χ3n) is 1.35. The number of nitriles is 1. The molecule has 0 aromatic carbocycles. The molecular formula is C7H2BrF2IN2. The Morgan fingerprint density at radius 3 is 2.62 bits per heavy atom. The average Bonchev–Trinajstić information content (AvgIpc) is 2.07. The van der Waals surface area contributed by atoms with Crippen LogP contribution in [0, 0.1) is 14.9 Å². The first-order valence-corrected chi connectivity index (χ1v) is 4.97. The van der Waals surface area contributed by atoms with Gasteiger partial charge in [0.15, 0.2) is 0 Å². The van der Waals surface area contributed by atoms with Crippen LogP contribution in [0.1, 0.15) is 17.6 Å². The van der Waals surface area contributed by atoms with E-state index in [9.17, 15) is 8.78 Å². The Morgan fingerprint density at radius 2 is 2.23 bits per heavy atom. The predicted octanol–water partition coefficient (Wildman–Crippen LogP) is 3.26. The van der Waals surface area contributed by atoms with Crippen molar-refractivity contribution in [2.75, 3.05) is 0 Å². The number of nitrogens with zero attached hydrogens (tertiary/aromatic N) is 2. The first-order chi connectivity index (χ1) is 6.07. The van der Waals surface area contributed by atoms with E-state index >= 15 is 0 Å². The summed E-state index contributed by atoms with van der Waals surface area (Å²) < 4.78 is 25.3. The standard InChI is InChI=1S/C7H2BrF2IN2/c8-6-5(7(9)10)3(1-12)4(11)2-13-6/h2,7H. The zero-order valence-electron chi connectivity index (χ0n) is 6.06. The molecule has 0 spiro atoms. The normalized spacial score (nSPS) is 10.2. The van der Waals surface area contributed by atoms with Gasteiger partial charge in [0.25, 0.3) is 6.43 Å². The van der Waals surface area contributed by atoms with E-state index in [-0.39, 0.29) is 15.7 Å². The minimum absolute atomic E-state index is 0.0162. The molecule has 68 valence electrons. The van der Waals surface area contributed by atoms with Gasteiger partial charge in [-0.2, -0.15) is 5.26 Å². The fourth-order valence-electron chi connectivity index (χ4n) is 0.792. The van der Waals surface area contributed by atoms with Crippen LogP contribution in [-0.4, -0.2) is 4.98 Å². The second kappa shape index (κ2) is 4.28. The maximum atomic E-state index is 12.4. The maximum absolute atomic E-state index is 12.4. The fourth-order valence-corrected chi connectivity index (χ4v) is 1.82. The number of hydrogen-bond donors (Lipinski definition) is 0. The van der Waals surface area contributed by atoms with Crippen LogP contribution in [0.15, 0.2) is 10.8 Å². The monoisotopic (exact) mass is 358 g/mol. The van der Waals surface area contributed by atoms with Gasteiger partial charge in [-0.1, -0.05) is 0 Å². The smallest absolute Gasteiger partial charge is 0.248 e. The van der Waals surface area contributed by atoms with Gasteiger partial charge in [0.1, 0.15) is 10.7 Å². The van der Waals surface area contributed by atoms with Crippen LogP contribution in [0.4, 0.5) is 8.78 Å². The lowest BCUT2D eigenvalue weighted by Crippen LogP contribution is -1.97. The molecule has 0 aliphatic rings. The Kier molecular flexibility index (Phi) is 3.55. The van der Waals surface area contributed by atoms with Crippen molar-refractivity contribution in [2.24, 2.45) is 0 Å². The maximum Gasteiger partial charge on any atom is 0.267 e. The third kappa shape index (κ3) is 2.14.